The summed E-state index contributed by atoms with van der Waals surface area (Å²) in [5.41, 5.74) is 0.994. The van der Waals surface area contributed by atoms with Crippen LogP contribution in [0.3, 0.4) is 0 Å². The fourth-order valence-electron chi connectivity index (χ4n) is 1.45. The first-order valence-corrected chi connectivity index (χ1v) is 5.17. The van der Waals surface area contributed by atoms with Crippen molar-refractivity contribution in [1.29, 1.82) is 0 Å². The average Bonchev–Trinajstić information content (AvgIpc) is 2.53. The third kappa shape index (κ3) is 2.52. The van der Waals surface area contributed by atoms with E-state index in [2.05, 4.69) is 31.1 Å². The highest BCUT2D eigenvalue weighted by molar-refractivity contribution is 9.10. The molecule has 0 radical (unpaired) electrons. The van der Waals surface area contributed by atoms with Gasteiger partial charge < -0.3 is 9.73 Å². The van der Waals surface area contributed by atoms with Crippen LogP contribution in [0.25, 0.3) is 0 Å². The van der Waals surface area contributed by atoms with E-state index in [1.54, 1.807) is 6.26 Å². The molecule has 1 saturated heterocycles. The molecular formula is C8H12BrN3O. The molecule has 2 heterocycles. The molecule has 1 aromatic rings. The second kappa shape index (κ2) is 4.21. The first-order chi connectivity index (χ1) is 6.34. The van der Waals surface area contributed by atoms with Crippen molar-refractivity contribution in [2.45, 2.75) is 6.54 Å². The molecule has 1 aromatic heterocycles. The summed E-state index contributed by atoms with van der Waals surface area (Å²) < 4.78 is 5.07. The first-order valence-electron chi connectivity index (χ1n) is 4.37. The van der Waals surface area contributed by atoms with E-state index in [4.69, 9.17) is 4.42 Å². The van der Waals surface area contributed by atoms with Gasteiger partial charge in [-0.05, 0) is 0 Å². The lowest BCUT2D eigenvalue weighted by Crippen LogP contribution is -2.42. The summed E-state index contributed by atoms with van der Waals surface area (Å²) in [5.74, 6) is 0. The van der Waals surface area contributed by atoms with Gasteiger partial charge in [0.2, 0.25) is 0 Å². The predicted molar refractivity (Wildman–Crippen MR) is 52.3 cm³/mol. The van der Waals surface area contributed by atoms with Crippen molar-refractivity contribution in [3.8, 4) is 0 Å². The van der Waals surface area contributed by atoms with Gasteiger partial charge in [0.15, 0.2) is 0 Å². The number of halogens is 1. The fourth-order valence-corrected chi connectivity index (χ4v) is 1.77. The van der Waals surface area contributed by atoms with Gasteiger partial charge in [0, 0.05) is 48.7 Å². The molecule has 0 amide bonds. The molecule has 0 atom stereocenters. The van der Waals surface area contributed by atoms with E-state index in [9.17, 15) is 0 Å². The van der Waals surface area contributed by atoms with Crippen LogP contribution in [0.4, 0.5) is 0 Å². The molecule has 13 heavy (non-hydrogen) atoms. The number of piperazine rings is 1. The van der Waals surface area contributed by atoms with Gasteiger partial charge in [-0.3, -0.25) is 4.90 Å². The van der Waals surface area contributed by atoms with Crippen LogP contribution in [0.5, 0.6) is 0 Å². The average molecular weight is 246 g/mol. The Bertz CT molecular complexity index is 270. The normalized spacial score (nSPS) is 19.2. The molecular weight excluding hydrogens is 234 g/mol. The van der Waals surface area contributed by atoms with E-state index < -0.39 is 0 Å². The van der Waals surface area contributed by atoms with E-state index in [0.29, 0.717) is 4.80 Å². The zero-order valence-electron chi connectivity index (χ0n) is 7.29. The molecule has 1 aliphatic rings. The van der Waals surface area contributed by atoms with Gasteiger partial charge in [-0.2, -0.15) is 0 Å². The van der Waals surface area contributed by atoms with Crippen molar-refractivity contribution >= 4 is 15.9 Å². The Hall–Kier alpha value is -0.390. The summed E-state index contributed by atoms with van der Waals surface area (Å²) in [5, 5.41) is 3.31. The van der Waals surface area contributed by atoms with Crippen LogP contribution in [0.15, 0.2) is 15.5 Å². The Morgan fingerprint density at radius 3 is 2.92 bits per heavy atom. The Balaban J connectivity index is 1.89. The monoisotopic (exact) mass is 245 g/mol. The highest BCUT2D eigenvalue weighted by Gasteiger charge is 2.11. The van der Waals surface area contributed by atoms with Crippen LogP contribution in [0.1, 0.15) is 5.69 Å². The number of nitrogens with zero attached hydrogens (tertiary/aromatic N) is 2. The van der Waals surface area contributed by atoms with Crippen LogP contribution in [0.2, 0.25) is 0 Å². The number of hydrogen-bond donors (Lipinski definition) is 1. The standard InChI is InChI=1S/C8H12BrN3O/c9-8-11-7(6-13-8)5-12-3-1-10-2-4-12/h6,10H,1-5H2. The second-order valence-electron chi connectivity index (χ2n) is 3.12. The predicted octanol–water partition coefficient (Wildman–Crippen LogP) is 0.842. The van der Waals surface area contributed by atoms with Gasteiger partial charge in [0.05, 0.1) is 5.69 Å². The maximum absolute atomic E-state index is 5.07. The lowest BCUT2D eigenvalue weighted by atomic mass is 10.3. The molecule has 5 heteroatoms. The lowest BCUT2D eigenvalue weighted by molar-refractivity contribution is 0.230. The third-order valence-corrected chi connectivity index (χ3v) is 2.48. The van der Waals surface area contributed by atoms with E-state index in [0.717, 1.165) is 38.4 Å². The zero-order valence-corrected chi connectivity index (χ0v) is 8.88. The first kappa shape index (κ1) is 9.18. The van der Waals surface area contributed by atoms with Gasteiger partial charge in [0.25, 0.3) is 4.80 Å². The maximum Gasteiger partial charge on any atom is 0.264 e. The van der Waals surface area contributed by atoms with Gasteiger partial charge in [-0.1, -0.05) is 0 Å². The number of aromatic nitrogens is 1. The van der Waals surface area contributed by atoms with Crippen LogP contribution in [-0.2, 0) is 6.54 Å². The largest absolute Gasteiger partial charge is 0.439 e. The summed E-state index contributed by atoms with van der Waals surface area (Å²) in [6, 6.07) is 0. The molecule has 1 aliphatic heterocycles. The number of oxazole rings is 1. The molecule has 2 rings (SSSR count). The minimum atomic E-state index is 0.567. The minimum absolute atomic E-state index is 0.567. The van der Waals surface area contributed by atoms with Crippen molar-refractivity contribution in [3.05, 3.63) is 16.8 Å². The minimum Gasteiger partial charge on any atom is -0.439 e. The summed E-state index contributed by atoms with van der Waals surface area (Å²) >= 11 is 3.19. The molecule has 0 aromatic carbocycles. The molecule has 0 saturated carbocycles. The highest BCUT2D eigenvalue weighted by atomic mass is 79.9. The smallest absolute Gasteiger partial charge is 0.264 e. The second-order valence-corrected chi connectivity index (χ2v) is 3.80. The Labute approximate surface area is 85.4 Å². The summed E-state index contributed by atoms with van der Waals surface area (Å²) in [6.07, 6.45) is 1.70. The molecule has 4 nitrogen and oxygen atoms in total. The van der Waals surface area contributed by atoms with Gasteiger partial charge in [-0.25, -0.2) is 4.98 Å². The Morgan fingerprint density at radius 1 is 1.54 bits per heavy atom. The number of rotatable bonds is 2. The van der Waals surface area contributed by atoms with E-state index in [1.807, 2.05) is 0 Å². The zero-order chi connectivity index (χ0) is 9.10. The van der Waals surface area contributed by atoms with Crippen LogP contribution < -0.4 is 5.32 Å². The van der Waals surface area contributed by atoms with Crippen LogP contribution in [-0.4, -0.2) is 36.1 Å². The molecule has 0 unspecified atom stereocenters. The fraction of sp³-hybridized carbons (Fsp3) is 0.625. The van der Waals surface area contributed by atoms with Crippen LogP contribution >= 0.6 is 15.9 Å². The van der Waals surface area contributed by atoms with E-state index in [1.165, 1.54) is 0 Å². The van der Waals surface area contributed by atoms with Crippen LogP contribution in [0, 0.1) is 0 Å². The van der Waals surface area contributed by atoms with Gasteiger partial charge in [0.1, 0.15) is 6.26 Å². The summed E-state index contributed by atoms with van der Waals surface area (Å²) in [6.45, 7) is 5.20. The topological polar surface area (TPSA) is 41.3 Å². The van der Waals surface area contributed by atoms with E-state index in [-0.39, 0.29) is 0 Å². The van der Waals surface area contributed by atoms with Crippen molar-refractivity contribution in [2.75, 3.05) is 26.2 Å². The molecule has 1 fully saturated rings. The van der Waals surface area contributed by atoms with Gasteiger partial charge in [-0.15, -0.1) is 0 Å². The quantitative estimate of drug-likeness (QED) is 0.839. The third-order valence-electron chi connectivity index (χ3n) is 2.12. The van der Waals surface area contributed by atoms with Crippen molar-refractivity contribution in [2.24, 2.45) is 0 Å². The molecule has 72 valence electrons. The van der Waals surface area contributed by atoms with E-state index >= 15 is 0 Å². The number of hydrogen-bond acceptors (Lipinski definition) is 4. The number of nitrogens with one attached hydrogen (secondary N) is 1. The molecule has 0 bridgehead atoms. The highest BCUT2D eigenvalue weighted by Crippen LogP contribution is 2.10. The summed E-state index contributed by atoms with van der Waals surface area (Å²) in [7, 11) is 0. The van der Waals surface area contributed by atoms with Crippen molar-refractivity contribution in [3.63, 3.8) is 0 Å². The van der Waals surface area contributed by atoms with Gasteiger partial charge >= 0.3 is 0 Å². The van der Waals surface area contributed by atoms with Crippen molar-refractivity contribution < 1.29 is 4.42 Å². The Kier molecular flexibility index (Phi) is 2.97. The Morgan fingerprint density at radius 2 is 2.31 bits per heavy atom. The SMILES string of the molecule is Brc1nc(CN2CCNCC2)co1. The molecule has 0 aliphatic carbocycles. The lowest BCUT2D eigenvalue weighted by Gasteiger charge is -2.25. The molecule has 0 spiro atoms. The van der Waals surface area contributed by atoms with Crippen molar-refractivity contribution in [1.82, 2.24) is 15.2 Å². The molecule has 1 N–H and O–H groups in total. The maximum atomic E-state index is 5.07. The summed E-state index contributed by atoms with van der Waals surface area (Å²) in [4.78, 5) is 7.12.